The predicted octanol–water partition coefficient (Wildman–Crippen LogP) is 1.45. The minimum absolute atomic E-state index is 0.0254. The molecule has 0 saturated carbocycles. The highest BCUT2D eigenvalue weighted by atomic mass is 32.2. The highest BCUT2D eigenvalue weighted by molar-refractivity contribution is 7.90. The van der Waals surface area contributed by atoms with Crippen LogP contribution in [0.25, 0.3) is 10.9 Å². The number of aromatic amines is 1. The second-order valence-corrected chi connectivity index (χ2v) is 7.83. The topological polar surface area (TPSA) is 86.3 Å². The largest absolute Gasteiger partial charge is 0.361 e. The summed E-state index contributed by atoms with van der Waals surface area (Å²) < 4.78 is 35.5. The molecule has 132 valence electrons. The molecule has 6 nitrogen and oxygen atoms in total. The number of halogens is 1. The van der Waals surface area contributed by atoms with Crippen LogP contribution in [0.3, 0.4) is 0 Å². The van der Waals surface area contributed by atoms with Crippen LogP contribution >= 0.6 is 0 Å². The Kier molecular flexibility index (Phi) is 6.19. The summed E-state index contributed by atoms with van der Waals surface area (Å²) in [6.07, 6.45) is 3.81. The maximum Gasteiger partial charge on any atom is 0.191 e. The Labute approximate surface area is 141 Å². The maximum absolute atomic E-state index is 13.2. The van der Waals surface area contributed by atoms with E-state index in [1.807, 2.05) is 13.1 Å². The van der Waals surface area contributed by atoms with Crippen LogP contribution in [-0.4, -0.2) is 51.0 Å². The van der Waals surface area contributed by atoms with E-state index in [4.69, 9.17) is 0 Å². The SMILES string of the molecule is CCNC(=NCCS(C)(=O)=O)NCCc1c[nH]c2cc(F)ccc12. The van der Waals surface area contributed by atoms with Gasteiger partial charge in [0.25, 0.3) is 0 Å². The van der Waals surface area contributed by atoms with E-state index in [9.17, 15) is 12.8 Å². The first-order chi connectivity index (χ1) is 11.4. The van der Waals surface area contributed by atoms with Crippen molar-refractivity contribution in [1.82, 2.24) is 15.6 Å². The molecule has 1 aromatic heterocycles. The fourth-order valence-corrected chi connectivity index (χ4v) is 2.77. The molecule has 0 bridgehead atoms. The minimum Gasteiger partial charge on any atom is -0.361 e. The molecule has 0 aliphatic heterocycles. The van der Waals surface area contributed by atoms with Crippen molar-refractivity contribution in [3.05, 3.63) is 35.8 Å². The number of guanidine groups is 1. The molecule has 0 spiro atoms. The number of sulfone groups is 1. The van der Waals surface area contributed by atoms with Gasteiger partial charge in [-0.05, 0) is 37.1 Å². The molecule has 2 rings (SSSR count). The van der Waals surface area contributed by atoms with E-state index < -0.39 is 9.84 Å². The molecular weight excluding hydrogens is 331 g/mol. The summed E-state index contributed by atoms with van der Waals surface area (Å²) >= 11 is 0. The molecule has 0 saturated heterocycles. The first-order valence-corrected chi connectivity index (χ1v) is 9.90. The van der Waals surface area contributed by atoms with Crippen LogP contribution < -0.4 is 10.6 Å². The summed E-state index contributed by atoms with van der Waals surface area (Å²) in [5, 5.41) is 7.26. The summed E-state index contributed by atoms with van der Waals surface area (Å²) in [7, 11) is -3.02. The second kappa shape index (κ2) is 8.14. The van der Waals surface area contributed by atoms with Gasteiger partial charge in [0.05, 0.1) is 12.3 Å². The molecular formula is C16H23FN4O2S. The van der Waals surface area contributed by atoms with Crippen LogP contribution in [0.15, 0.2) is 29.4 Å². The van der Waals surface area contributed by atoms with Gasteiger partial charge in [-0.25, -0.2) is 12.8 Å². The predicted molar refractivity (Wildman–Crippen MR) is 95.7 cm³/mol. The first-order valence-electron chi connectivity index (χ1n) is 7.84. The average molecular weight is 354 g/mol. The van der Waals surface area contributed by atoms with E-state index >= 15 is 0 Å². The zero-order valence-corrected chi connectivity index (χ0v) is 14.7. The first kappa shape index (κ1) is 18.3. The highest BCUT2D eigenvalue weighted by Crippen LogP contribution is 2.19. The molecule has 0 amide bonds. The van der Waals surface area contributed by atoms with Crippen molar-refractivity contribution in [1.29, 1.82) is 0 Å². The Hall–Kier alpha value is -2.09. The van der Waals surface area contributed by atoms with Crippen molar-refractivity contribution in [2.75, 3.05) is 31.6 Å². The third-order valence-electron chi connectivity index (χ3n) is 3.49. The number of nitrogens with zero attached hydrogens (tertiary/aromatic N) is 1. The fraction of sp³-hybridized carbons (Fsp3) is 0.438. The van der Waals surface area contributed by atoms with Gasteiger partial charge in [-0.15, -0.1) is 0 Å². The van der Waals surface area contributed by atoms with Crippen molar-refractivity contribution in [3.63, 3.8) is 0 Å². The lowest BCUT2D eigenvalue weighted by Gasteiger charge is -2.11. The fourth-order valence-electron chi connectivity index (χ4n) is 2.35. The smallest absolute Gasteiger partial charge is 0.191 e. The molecule has 1 heterocycles. The Bertz CT molecular complexity index is 815. The van der Waals surface area contributed by atoms with Crippen LogP contribution in [-0.2, 0) is 16.3 Å². The van der Waals surface area contributed by atoms with Crippen LogP contribution in [0.4, 0.5) is 4.39 Å². The van der Waals surface area contributed by atoms with Crippen molar-refractivity contribution >= 4 is 26.7 Å². The third-order valence-corrected chi connectivity index (χ3v) is 4.42. The lowest BCUT2D eigenvalue weighted by molar-refractivity contribution is 0.601. The number of fused-ring (bicyclic) bond motifs is 1. The molecule has 3 N–H and O–H groups in total. The highest BCUT2D eigenvalue weighted by Gasteiger charge is 2.06. The van der Waals surface area contributed by atoms with Crippen molar-refractivity contribution in [3.8, 4) is 0 Å². The average Bonchev–Trinajstić information content (AvgIpc) is 2.88. The number of nitrogens with one attached hydrogen (secondary N) is 3. The standard InChI is InChI=1S/C16H23FN4O2S/c1-3-18-16(20-8-9-24(2,22)23)19-7-6-12-11-21-15-10-13(17)4-5-14(12)15/h4-5,10-11,21H,3,6-9H2,1-2H3,(H2,18,19,20). The Balaban J connectivity index is 1.92. The quantitative estimate of drug-likeness (QED) is 0.519. The zero-order valence-electron chi connectivity index (χ0n) is 13.9. The minimum atomic E-state index is -3.02. The summed E-state index contributed by atoms with van der Waals surface area (Å²) in [6.45, 7) is 3.49. The molecule has 0 radical (unpaired) electrons. The Morgan fingerprint density at radius 1 is 1.33 bits per heavy atom. The molecule has 0 aliphatic carbocycles. The molecule has 1 aromatic carbocycles. The monoisotopic (exact) mass is 354 g/mol. The van der Waals surface area contributed by atoms with E-state index in [0.717, 1.165) is 22.9 Å². The third kappa shape index (κ3) is 5.52. The lowest BCUT2D eigenvalue weighted by Crippen LogP contribution is -2.38. The zero-order chi connectivity index (χ0) is 17.6. The Morgan fingerprint density at radius 3 is 2.83 bits per heavy atom. The number of rotatable bonds is 7. The van der Waals surface area contributed by atoms with Crippen LogP contribution in [0.2, 0.25) is 0 Å². The van der Waals surface area contributed by atoms with Crippen LogP contribution in [0, 0.1) is 5.82 Å². The number of hydrogen-bond acceptors (Lipinski definition) is 3. The van der Waals surface area contributed by atoms with Crippen molar-refractivity contribution in [2.45, 2.75) is 13.3 Å². The summed E-state index contributed by atoms with van der Waals surface area (Å²) in [4.78, 5) is 7.31. The van der Waals surface area contributed by atoms with E-state index in [1.165, 1.54) is 18.4 Å². The van der Waals surface area contributed by atoms with Gasteiger partial charge >= 0.3 is 0 Å². The molecule has 2 aromatic rings. The maximum atomic E-state index is 13.2. The molecule has 24 heavy (non-hydrogen) atoms. The van der Waals surface area contributed by atoms with Crippen LogP contribution in [0.5, 0.6) is 0 Å². The van der Waals surface area contributed by atoms with Crippen molar-refractivity contribution < 1.29 is 12.8 Å². The molecule has 0 atom stereocenters. The van der Waals surface area contributed by atoms with Gasteiger partial charge in [0, 0.05) is 36.4 Å². The molecule has 0 fully saturated rings. The lowest BCUT2D eigenvalue weighted by atomic mass is 10.1. The van der Waals surface area contributed by atoms with Gasteiger partial charge in [0.15, 0.2) is 5.96 Å². The van der Waals surface area contributed by atoms with Crippen LogP contribution in [0.1, 0.15) is 12.5 Å². The molecule has 8 heteroatoms. The number of aliphatic imine (C=N–C) groups is 1. The number of benzene rings is 1. The van der Waals surface area contributed by atoms with Gasteiger partial charge in [0.2, 0.25) is 0 Å². The number of aromatic nitrogens is 1. The van der Waals surface area contributed by atoms with Gasteiger partial charge in [-0.1, -0.05) is 0 Å². The summed E-state index contributed by atoms with van der Waals surface area (Å²) in [5.74, 6) is 0.353. The van der Waals surface area contributed by atoms with Crippen molar-refractivity contribution in [2.24, 2.45) is 4.99 Å². The summed E-state index contributed by atoms with van der Waals surface area (Å²) in [6, 6.07) is 4.69. The molecule has 0 unspecified atom stereocenters. The van der Waals surface area contributed by atoms with E-state index in [0.29, 0.717) is 19.0 Å². The van der Waals surface area contributed by atoms with Gasteiger partial charge in [-0.2, -0.15) is 0 Å². The Morgan fingerprint density at radius 2 is 2.12 bits per heavy atom. The normalized spacial score (nSPS) is 12.5. The molecule has 0 aliphatic rings. The van der Waals surface area contributed by atoms with Gasteiger partial charge < -0.3 is 15.6 Å². The number of H-pyrrole nitrogens is 1. The second-order valence-electron chi connectivity index (χ2n) is 5.57. The van der Waals surface area contributed by atoms with E-state index in [1.54, 1.807) is 6.07 Å². The van der Waals surface area contributed by atoms with E-state index in [-0.39, 0.29) is 18.1 Å². The number of hydrogen-bond donors (Lipinski definition) is 3. The van der Waals surface area contributed by atoms with Gasteiger partial charge in [-0.3, -0.25) is 4.99 Å². The van der Waals surface area contributed by atoms with Gasteiger partial charge in [0.1, 0.15) is 15.7 Å². The van der Waals surface area contributed by atoms with E-state index in [2.05, 4.69) is 20.6 Å². The summed E-state index contributed by atoms with van der Waals surface area (Å²) in [5.41, 5.74) is 1.86.